The van der Waals surface area contributed by atoms with E-state index < -0.39 is 43.0 Å². The lowest BCUT2D eigenvalue weighted by molar-refractivity contribution is -0.383. The average molecular weight is 867 g/mol. The fourth-order valence-electron chi connectivity index (χ4n) is 7.36. The van der Waals surface area contributed by atoms with Crippen molar-refractivity contribution in [2.45, 2.75) is 225 Å². The monoisotopic (exact) mass is 867 g/mol. The molecule has 1 unspecified atom stereocenters. The molecule has 0 saturated carbocycles. The van der Waals surface area contributed by atoms with Gasteiger partial charge in [-0.3, -0.25) is 29.3 Å². The first-order chi connectivity index (χ1) is 29.2. The molecule has 344 valence electrons. The molecule has 0 fully saturated rings. The fourth-order valence-corrected chi connectivity index (χ4v) is 8.28. The Labute approximate surface area is 360 Å². The van der Waals surface area contributed by atoms with E-state index >= 15 is 0 Å². The molecular weight excluding hydrogens is 787 g/mol. The quantitative estimate of drug-likeness (QED) is 0.0211. The summed E-state index contributed by atoms with van der Waals surface area (Å²) in [5.74, 6) is -0.950. The summed E-state index contributed by atoms with van der Waals surface area (Å²) < 4.78 is 34.0. The standard InChI is InChI=1S/C45H79N4O10P/c1-3-5-7-9-11-13-15-17-19-21-23-25-27-29-31-33-42(50)56-37-39(38-57-60(54,55)48-40-35-36-41(49(52)53)45-44(40)46-59-47-45)58-43(51)34-32-30-28-26-24-22-20-18-16-14-12-10-8-6-4-2/h35-36,39H,3-34,37-38H2,1-2H3,(H2,48,54,55)/t39-/m1/s1. The maximum atomic E-state index is 13.1. The summed E-state index contributed by atoms with van der Waals surface area (Å²) in [6, 6.07) is 2.28. The number of non-ortho nitro benzene ring substituents is 1. The van der Waals surface area contributed by atoms with Crippen molar-refractivity contribution in [2.75, 3.05) is 18.3 Å². The first-order valence-electron chi connectivity index (χ1n) is 23.7. The molecule has 60 heavy (non-hydrogen) atoms. The predicted molar refractivity (Wildman–Crippen MR) is 238 cm³/mol. The summed E-state index contributed by atoms with van der Waals surface area (Å²) in [5.41, 5.74) is -0.824. The number of nitro benzene ring substituents is 1. The molecule has 2 atom stereocenters. The average Bonchev–Trinajstić information content (AvgIpc) is 3.72. The zero-order valence-corrected chi connectivity index (χ0v) is 38.1. The maximum absolute atomic E-state index is 13.1. The molecule has 0 saturated heterocycles. The Morgan fingerprint density at radius 1 is 0.650 bits per heavy atom. The molecule has 15 heteroatoms. The van der Waals surface area contributed by atoms with Crippen LogP contribution in [0.15, 0.2) is 16.8 Å². The molecule has 0 aliphatic rings. The molecule has 0 bridgehead atoms. The molecule has 2 rings (SSSR count). The predicted octanol–water partition coefficient (Wildman–Crippen LogP) is 13.6. The third-order valence-corrected chi connectivity index (χ3v) is 12.0. The minimum Gasteiger partial charge on any atom is -0.462 e. The largest absolute Gasteiger partial charge is 0.462 e. The second kappa shape index (κ2) is 34.5. The highest BCUT2D eigenvalue weighted by atomic mass is 31.2. The lowest BCUT2D eigenvalue weighted by Crippen LogP contribution is -2.29. The highest BCUT2D eigenvalue weighted by Crippen LogP contribution is 2.44. The number of ether oxygens (including phenoxy) is 2. The van der Waals surface area contributed by atoms with Crippen LogP contribution in [0.2, 0.25) is 0 Å². The minimum atomic E-state index is -4.64. The van der Waals surface area contributed by atoms with Crippen LogP contribution < -0.4 is 5.09 Å². The second-order valence-corrected chi connectivity index (χ2v) is 18.0. The van der Waals surface area contributed by atoms with E-state index in [0.717, 1.165) is 44.6 Å². The van der Waals surface area contributed by atoms with Crippen molar-refractivity contribution in [2.24, 2.45) is 0 Å². The molecule has 0 radical (unpaired) electrons. The van der Waals surface area contributed by atoms with E-state index in [2.05, 4.69) is 33.9 Å². The summed E-state index contributed by atoms with van der Waals surface area (Å²) in [5, 5.41) is 20.8. The molecule has 0 aliphatic heterocycles. The zero-order chi connectivity index (χ0) is 43.5. The number of aromatic nitrogens is 2. The van der Waals surface area contributed by atoms with Gasteiger partial charge in [0.2, 0.25) is 5.52 Å². The van der Waals surface area contributed by atoms with Crippen molar-refractivity contribution in [3.8, 4) is 0 Å². The van der Waals surface area contributed by atoms with Crippen LogP contribution in [-0.4, -0.2) is 51.4 Å². The van der Waals surface area contributed by atoms with Crippen LogP contribution in [0.25, 0.3) is 11.0 Å². The molecular formula is C45H79N4O10P. The molecule has 2 aromatic rings. The third-order valence-electron chi connectivity index (χ3n) is 11.0. The van der Waals surface area contributed by atoms with Crippen LogP contribution in [0.5, 0.6) is 0 Å². The van der Waals surface area contributed by atoms with Crippen LogP contribution in [0.1, 0.15) is 219 Å². The van der Waals surface area contributed by atoms with Gasteiger partial charge in [-0.05, 0) is 29.2 Å². The van der Waals surface area contributed by atoms with Gasteiger partial charge in [0.15, 0.2) is 11.6 Å². The van der Waals surface area contributed by atoms with Gasteiger partial charge in [0.25, 0.3) is 0 Å². The lowest BCUT2D eigenvalue weighted by atomic mass is 10.0. The Morgan fingerprint density at radius 3 is 1.48 bits per heavy atom. The second-order valence-electron chi connectivity index (χ2n) is 16.5. The van der Waals surface area contributed by atoms with E-state index in [0.29, 0.717) is 12.8 Å². The summed E-state index contributed by atoms with van der Waals surface area (Å²) >= 11 is 0. The van der Waals surface area contributed by atoms with Gasteiger partial charge in [0, 0.05) is 18.9 Å². The van der Waals surface area contributed by atoms with Crippen LogP contribution in [0.3, 0.4) is 0 Å². The van der Waals surface area contributed by atoms with Crippen LogP contribution in [0, 0.1) is 10.1 Å². The first kappa shape index (κ1) is 53.0. The Morgan fingerprint density at radius 2 is 1.05 bits per heavy atom. The van der Waals surface area contributed by atoms with Gasteiger partial charge in [0.05, 0.1) is 17.2 Å². The van der Waals surface area contributed by atoms with E-state index in [-0.39, 0.29) is 36.2 Å². The zero-order valence-electron chi connectivity index (χ0n) is 37.2. The Kier molecular flexibility index (Phi) is 30.5. The number of unbranched alkanes of at least 4 members (excludes halogenated alkanes) is 28. The van der Waals surface area contributed by atoms with Crippen LogP contribution in [0.4, 0.5) is 11.4 Å². The van der Waals surface area contributed by atoms with Crippen LogP contribution >= 0.6 is 7.75 Å². The number of benzene rings is 1. The highest BCUT2D eigenvalue weighted by Gasteiger charge is 2.28. The Bertz CT molecular complexity index is 1470. The van der Waals surface area contributed by atoms with Crippen molar-refractivity contribution >= 4 is 42.1 Å². The molecule has 1 aromatic heterocycles. The topological polar surface area (TPSA) is 193 Å². The maximum Gasteiger partial charge on any atom is 0.430 e. The molecule has 0 amide bonds. The van der Waals surface area contributed by atoms with Crippen molar-refractivity contribution in [1.82, 2.24) is 10.3 Å². The number of fused-ring (bicyclic) bond motifs is 1. The number of nitrogens with one attached hydrogen (secondary N) is 1. The van der Waals surface area contributed by atoms with E-state index in [4.69, 9.17) is 14.0 Å². The summed E-state index contributed by atoms with van der Waals surface area (Å²) in [7, 11) is -4.64. The number of carbonyl (C=O) groups excluding carboxylic acids is 2. The number of hydrogen-bond acceptors (Lipinski definition) is 11. The normalized spacial score (nSPS) is 13.0. The van der Waals surface area contributed by atoms with Crippen molar-refractivity contribution in [1.29, 1.82) is 0 Å². The number of nitro groups is 1. The van der Waals surface area contributed by atoms with Crippen molar-refractivity contribution < 1.29 is 42.6 Å². The van der Waals surface area contributed by atoms with Gasteiger partial charge in [0.1, 0.15) is 6.61 Å². The molecule has 2 N–H and O–H groups in total. The number of esters is 2. The molecule has 1 heterocycles. The highest BCUT2D eigenvalue weighted by molar-refractivity contribution is 7.54. The van der Waals surface area contributed by atoms with E-state index in [9.17, 15) is 29.2 Å². The van der Waals surface area contributed by atoms with E-state index in [1.54, 1.807) is 0 Å². The van der Waals surface area contributed by atoms with E-state index in [1.807, 2.05) is 0 Å². The molecule has 14 nitrogen and oxygen atoms in total. The smallest absolute Gasteiger partial charge is 0.430 e. The van der Waals surface area contributed by atoms with Crippen molar-refractivity contribution in [3.63, 3.8) is 0 Å². The molecule has 0 aliphatic carbocycles. The van der Waals surface area contributed by atoms with Gasteiger partial charge in [-0.15, -0.1) is 0 Å². The van der Waals surface area contributed by atoms with E-state index in [1.165, 1.54) is 147 Å². The van der Waals surface area contributed by atoms with Gasteiger partial charge in [-0.25, -0.2) is 9.19 Å². The number of hydrogen-bond donors (Lipinski definition) is 2. The molecule has 0 spiro atoms. The van der Waals surface area contributed by atoms with Gasteiger partial charge in [-0.2, -0.15) is 0 Å². The Hall–Kier alpha value is -3.09. The van der Waals surface area contributed by atoms with Gasteiger partial charge in [-0.1, -0.05) is 194 Å². The van der Waals surface area contributed by atoms with Gasteiger partial charge >= 0.3 is 25.4 Å². The summed E-state index contributed by atoms with van der Waals surface area (Å²) in [4.78, 5) is 46.7. The third kappa shape index (κ3) is 26.3. The first-order valence-corrected chi connectivity index (χ1v) is 25.2. The number of rotatable bonds is 41. The van der Waals surface area contributed by atoms with Gasteiger partial charge < -0.3 is 14.4 Å². The minimum absolute atomic E-state index is 0.0840. The van der Waals surface area contributed by atoms with Crippen LogP contribution in [-0.2, 0) is 28.2 Å². The number of carbonyl (C=O) groups is 2. The number of nitrogens with zero attached hydrogens (tertiary/aromatic N) is 3. The van der Waals surface area contributed by atoms with Crippen molar-refractivity contribution in [3.05, 3.63) is 22.2 Å². The summed E-state index contributed by atoms with van der Waals surface area (Å²) in [6.07, 6.45) is 35.7. The fraction of sp³-hybridized carbons (Fsp3) is 0.822. The molecule has 1 aromatic carbocycles. The number of anilines is 1. The lowest BCUT2D eigenvalue weighted by Gasteiger charge is -2.20. The SMILES string of the molecule is CCCCCCCCCCCCCCCCCC(=O)OC[C@H](COP(=O)(O)Nc1ccc([N+](=O)[O-])c2nonc12)OC(=O)CCCCCCCCCCCCCCCCC. The summed E-state index contributed by atoms with van der Waals surface area (Å²) in [6.45, 7) is 3.61. The Balaban J connectivity index is 1.72.